The SMILES string of the molecule is CCOCOC(=O)C1CC(C(=O)OCOCC)CC(C(=O)OCOCC)C1. The van der Waals surface area contributed by atoms with E-state index in [2.05, 4.69) is 0 Å². The first kappa shape index (κ1) is 23.3. The van der Waals surface area contributed by atoms with Gasteiger partial charge in [-0.1, -0.05) is 0 Å². The van der Waals surface area contributed by atoms with E-state index in [-0.39, 0.29) is 39.6 Å². The predicted octanol–water partition coefficient (Wildman–Crippen LogP) is 1.63. The lowest BCUT2D eigenvalue weighted by Gasteiger charge is -2.31. The molecule has 0 atom stereocenters. The average Bonchev–Trinajstić information content (AvgIpc) is 2.67. The third-order valence-corrected chi connectivity index (χ3v) is 4.17. The summed E-state index contributed by atoms with van der Waals surface area (Å²) in [6.07, 6.45) is 0.724. The molecule has 0 aromatic carbocycles. The summed E-state index contributed by atoms with van der Waals surface area (Å²) in [4.78, 5) is 36.8. The number of hydrogen-bond donors (Lipinski definition) is 0. The van der Waals surface area contributed by atoms with Crippen LogP contribution in [0.3, 0.4) is 0 Å². The molecule has 1 aliphatic carbocycles. The van der Waals surface area contributed by atoms with Crippen molar-refractivity contribution in [1.29, 1.82) is 0 Å². The van der Waals surface area contributed by atoms with Gasteiger partial charge < -0.3 is 28.4 Å². The van der Waals surface area contributed by atoms with Gasteiger partial charge in [-0.3, -0.25) is 14.4 Å². The Kier molecular flexibility index (Phi) is 11.6. The van der Waals surface area contributed by atoms with E-state index in [0.717, 1.165) is 0 Å². The Labute approximate surface area is 159 Å². The lowest BCUT2D eigenvalue weighted by atomic mass is 9.75. The van der Waals surface area contributed by atoms with Crippen LogP contribution in [0.25, 0.3) is 0 Å². The molecule has 1 fully saturated rings. The zero-order valence-corrected chi connectivity index (χ0v) is 16.3. The van der Waals surface area contributed by atoms with Crippen LogP contribution in [0.4, 0.5) is 0 Å². The van der Waals surface area contributed by atoms with E-state index in [1.807, 2.05) is 0 Å². The molecule has 0 aromatic heterocycles. The lowest BCUT2D eigenvalue weighted by Crippen LogP contribution is -2.37. The Morgan fingerprint density at radius 2 is 0.852 bits per heavy atom. The molecule has 1 aliphatic rings. The molecule has 0 spiro atoms. The van der Waals surface area contributed by atoms with E-state index in [9.17, 15) is 14.4 Å². The zero-order valence-electron chi connectivity index (χ0n) is 16.3. The maximum atomic E-state index is 12.3. The Balaban J connectivity index is 2.71. The first-order chi connectivity index (χ1) is 13.0. The number of hydrogen-bond acceptors (Lipinski definition) is 9. The van der Waals surface area contributed by atoms with Gasteiger partial charge in [0.05, 0.1) is 17.8 Å². The first-order valence-corrected chi connectivity index (χ1v) is 9.26. The van der Waals surface area contributed by atoms with Gasteiger partial charge in [0, 0.05) is 19.8 Å². The van der Waals surface area contributed by atoms with Crippen LogP contribution in [-0.2, 0) is 42.8 Å². The van der Waals surface area contributed by atoms with Crippen molar-refractivity contribution in [3.8, 4) is 0 Å². The van der Waals surface area contributed by atoms with Gasteiger partial charge in [-0.15, -0.1) is 0 Å². The number of carbonyl (C=O) groups is 3. The topological polar surface area (TPSA) is 107 Å². The minimum absolute atomic E-state index is 0.162. The summed E-state index contributed by atoms with van der Waals surface area (Å²) in [6, 6.07) is 0. The first-order valence-electron chi connectivity index (χ1n) is 9.26. The number of ether oxygens (including phenoxy) is 6. The van der Waals surface area contributed by atoms with Gasteiger partial charge in [-0.05, 0) is 40.0 Å². The Bertz CT molecular complexity index is 393. The van der Waals surface area contributed by atoms with Crippen LogP contribution in [-0.4, -0.2) is 58.1 Å². The monoisotopic (exact) mass is 390 g/mol. The maximum Gasteiger partial charge on any atom is 0.311 e. The van der Waals surface area contributed by atoms with E-state index >= 15 is 0 Å². The third-order valence-electron chi connectivity index (χ3n) is 4.17. The summed E-state index contributed by atoms with van der Waals surface area (Å²) in [5.74, 6) is -3.37. The Morgan fingerprint density at radius 1 is 0.593 bits per heavy atom. The molecule has 0 N–H and O–H groups in total. The van der Waals surface area contributed by atoms with Gasteiger partial charge in [0.15, 0.2) is 20.4 Å². The largest absolute Gasteiger partial charge is 0.438 e. The van der Waals surface area contributed by atoms with Crippen LogP contribution in [0.1, 0.15) is 40.0 Å². The highest BCUT2D eigenvalue weighted by Gasteiger charge is 2.41. The quantitative estimate of drug-likeness (QED) is 0.213. The van der Waals surface area contributed by atoms with Gasteiger partial charge >= 0.3 is 17.9 Å². The van der Waals surface area contributed by atoms with E-state index in [1.54, 1.807) is 20.8 Å². The van der Waals surface area contributed by atoms with Gasteiger partial charge in [-0.25, -0.2) is 0 Å². The molecule has 0 bridgehead atoms. The van der Waals surface area contributed by atoms with Crippen molar-refractivity contribution in [3.63, 3.8) is 0 Å². The van der Waals surface area contributed by atoms with Crippen molar-refractivity contribution in [2.45, 2.75) is 40.0 Å². The van der Waals surface area contributed by atoms with Crippen LogP contribution in [0.15, 0.2) is 0 Å². The van der Waals surface area contributed by atoms with Gasteiger partial charge in [-0.2, -0.15) is 0 Å². The molecule has 27 heavy (non-hydrogen) atoms. The fraction of sp³-hybridized carbons (Fsp3) is 0.833. The molecule has 9 heteroatoms. The van der Waals surface area contributed by atoms with Crippen molar-refractivity contribution in [2.75, 3.05) is 40.2 Å². The second-order valence-corrected chi connectivity index (χ2v) is 6.02. The van der Waals surface area contributed by atoms with Crippen molar-refractivity contribution in [2.24, 2.45) is 17.8 Å². The minimum Gasteiger partial charge on any atom is -0.438 e. The molecule has 0 aliphatic heterocycles. The molecule has 9 nitrogen and oxygen atoms in total. The highest BCUT2D eigenvalue weighted by Crippen LogP contribution is 2.35. The number of rotatable bonds is 12. The van der Waals surface area contributed by atoms with E-state index in [4.69, 9.17) is 28.4 Å². The summed E-state index contributed by atoms with van der Waals surface area (Å²) >= 11 is 0. The molecule has 0 saturated heterocycles. The standard InChI is InChI=1S/C18H30O9/c1-4-22-10-25-16(19)13-7-14(17(20)26-11-23-5-2)9-15(8-13)18(21)27-12-24-6-3/h13-15H,4-12H2,1-3H3. The molecule has 0 unspecified atom stereocenters. The summed E-state index contributed by atoms with van der Waals surface area (Å²) in [5.41, 5.74) is 0. The average molecular weight is 390 g/mol. The molecular formula is C18H30O9. The van der Waals surface area contributed by atoms with Crippen LogP contribution in [0.5, 0.6) is 0 Å². The van der Waals surface area contributed by atoms with E-state index in [1.165, 1.54) is 0 Å². The maximum absolute atomic E-state index is 12.3. The summed E-state index contributed by atoms with van der Waals surface area (Å²) < 4.78 is 30.2. The van der Waals surface area contributed by atoms with Gasteiger partial charge in [0.2, 0.25) is 0 Å². The zero-order chi connectivity index (χ0) is 20.1. The molecular weight excluding hydrogens is 360 g/mol. The summed E-state index contributed by atoms with van der Waals surface area (Å²) in [7, 11) is 0. The third kappa shape index (κ3) is 8.68. The lowest BCUT2D eigenvalue weighted by molar-refractivity contribution is -0.173. The number of esters is 3. The molecule has 1 saturated carbocycles. The number of carbonyl (C=O) groups excluding carboxylic acids is 3. The molecule has 0 amide bonds. The Morgan fingerprint density at radius 3 is 1.07 bits per heavy atom. The highest BCUT2D eigenvalue weighted by molar-refractivity contribution is 5.80. The predicted molar refractivity (Wildman–Crippen MR) is 92.1 cm³/mol. The normalized spacial score (nSPS) is 22.1. The van der Waals surface area contributed by atoms with Crippen LogP contribution in [0.2, 0.25) is 0 Å². The van der Waals surface area contributed by atoms with Crippen LogP contribution in [0, 0.1) is 17.8 Å². The van der Waals surface area contributed by atoms with E-state index in [0.29, 0.717) is 19.8 Å². The summed E-state index contributed by atoms with van der Waals surface area (Å²) in [5, 5.41) is 0. The molecule has 0 radical (unpaired) electrons. The summed E-state index contributed by atoms with van der Waals surface area (Å²) in [6.45, 7) is 6.10. The van der Waals surface area contributed by atoms with Crippen molar-refractivity contribution >= 4 is 17.9 Å². The molecule has 156 valence electrons. The second kappa shape index (κ2) is 13.5. The van der Waals surface area contributed by atoms with Crippen molar-refractivity contribution in [3.05, 3.63) is 0 Å². The van der Waals surface area contributed by atoms with Crippen molar-refractivity contribution < 1.29 is 42.8 Å². The second-order valence-electron chi connectivity index (χ2n) is 6.02. The molecule has 0 heterocycles. The van der Waals surface area contributed by atoms with Gasteiger partial charge in [0.25, 0.3) is 0 Å². The minimum atomic E-state index is -0.617. The fourth-order valence-electron chi connectivity index (χ4n) is 2.80. The van der Waals surface area contributed by atoms with Gasteiger partial charge in [0.1, 0.15) is 0 Å². The molecule has 1 rings (SSSR count). The Hall–Kier alpha value is -1.71. The smallest absolute Gasteiger partial charge is 0.311 e. The van der Waals surface area contributed by atoms with Crippen LogP contribution < -0.4 is 0 Å². The molecule has 0 aromatic rings. The van der Waals surface area contributed by atoms with E-state index < -0.39 is 35.7 Å². The van der Waals surface area contributed by atoms with Crippen LogP contribution >= 0.6 is 0 Å². The fourth-order valence-corrected chi connectivity index (χ4v) is 2.80. The van der Waals surface area contributed by atoms with Crippen molar-refractivity contribution in [1.82, 2.24) is 0 Å². The highest BCUT2D eigenvalue weighted by atomic mass is 16.7.